The molecule has 0 fully saturated rings. The second kappa shape index (κ2) is 5.61. The monoisotopic (exact) mass is 268 g/mol. The summed E-state index contributed by atoms with van der Waals surface area (Å²) >= 11 is 6.21. The van der Waals surface area contributed by atoms with Crippen molar-refractivity contribution in [3.05, 3.63) is 27.8 Å². The molecule has 0 spiro atoms. The number of carboxylic acids is 1. The normalized spacial score (nSPS) is 14.1. The van der Waals surface area contributed by atoms with Crippen LogP contribution in [0.15, 0.2) is 6.07 Å². The highest BCUT2D eigenvalue weighted by atomic mass is 35.5. The number of rotatable bonds is 4. The van der Waals surface area contributed by atoms with E-state index in [4.69, 9.17) is 21.4 Å². The van der Waals surface area contributed by atoms with Gasteiger partial charge < -0.3 is 9.84 Å². The van der Waals surface area contributed by atoms with Crippen molar-refractivity contribution in [1.82, 2.24) is 0 Å². The number of halogens is 1. The Labute approximate surface area is 112 Å². The van der Waals surface area contributed by atoms with Crippen LogP contribution < -0.4 is 4.74 Å². The number of methoxy groups -OCH3 is 1. The van der Waals surface area contributed by atoms with Gasteiger partial charge in [-0.1, -0.05) is 11.6 Å². The van der Waals surface area contributed by atoms with E-state index in [0.717, 1.165) is 24.8 Å². The lowest BCUT2D eigenvalue weighted by Gasteiger charge is -2.22. The van der Waals surface area contributed by atoms with E-state index in [1.54, 1.807) is 7.11 Å². The van der Waals surface area contributed by atoms with Gasteiger partial charge in [-0.2, -0.15) is 0 Å². The van der Waals surface area contributed by atoms with Gasteiger partial charge in [0.2, 0.25) is 0 Å². The molecule has 4 heteroatoms. The highest BCUT2D eigenvalue weighted by Crippen LogP contribution is 2.37. The molecule has 98 valence electrons. The molecular formula is C14H17ClO3. The van der Waals surface area contributed by atoms with E-state index < -0.39 is 5.97 Å². The quantitative estimate of drug-likeness (QED) is 0.912. The molecule has 0 aromatic heterocycles. The summed E-state index contributed by atoms with van der Waals surface area (Å²) in [5.74, 6) is -0.139. The third-order valence-corrected chi connectivity index (χ3v) is 3.74. The maximum Gasteiger partial charge on any atom is 0.303 e. The molecule has 0 amide bonds. The second-order valence-electron chi connectivity index (χ2n) is 4.61. The number of carboxylic acid groups (broad SMARTS) is 1. The van der Waals surface area contributed by atoms with Crippen molar-refractivity contribution in [2.75, 3.05) is 7.11 Å². The van der Waals surface area contributed by atoms with Gasteiger partial charge in [-0.25, -0.2) is 0 Å². The molecule has 0 saturated heterocycles. The molecule has 1 aliphatic rings. The summed E-state index contributed by atoms with van der Waals surface area (Å²) in [6, 6.07) is 1.97. The fourth-order valence-corrected chi connectivity index (χ4v) is 2.97. The molecule has 0 heterocycles. The van der Waals surface area contributed by atoms with E-state index in [1.807, 2.05) is 6.07 Å². The number of hydrogen-bond donors (Lipinski definition) is 1. The molecule has 2 rings (SSSR count). The Hall–Kier alpha value is -1.22. The van der Waals surface area contributed by atoms with Crippen LogP contribution in [0.4, 0.5) is 0 Å². The fraction of sp³-hybridized carbons (Fsp3) is 0.500. The third-order valence-electron chi connectivity index (χ3n) is 3.46. The Morgan fingerprint density at radius 3 is 2.83 bits per heavy atom. The van der Waals surface area contributed by atoms with Crippen molar-refractivity contribution in [1.29, 1.82) is 0 Å². The lowest BCUT2D eigenvalue weighted by atomic mass is 9.86. The average molecular weight is 269 g/mol. The SMILES string of the molecule is COc1c(Cl)cc2c(c1CCC(=O)O)CCCC2. The van der Waals surface area contributed by atoms with E-state index in [1.165, 1.54) is 17.5 Å². The molecule has 18 heavy (non-hydrogen) atoms. The largest absolute Gasteiger partial charge is 0.495 e. The van der Waals surface area contributed by atoms with Crippen molar-refractivity contribution in [2.24, 2.45) is 0 Å². The van der Waals surface area contributed by atoms with Crippen LogP contribution >= 0.6 is 11.6 Å². The molecule has 0 radical (unpaired) electrons. The first-order valence-corrected chi connectivity index (χ1v) is 6.60. The predicted octanol–water partition coefficient (Wildman–Crippen LogP) is 3.24. The number of aryl methyl sites for hydroxylation is 1. The molecular weight excluding hydrogens is 252 g/mol. The van der Waals surface area contributed by atoms with E-state index in [0.29, 0.717) is 17.2 Å². The maximum absolute atomic E-state index is 10.8. The summed E-state index contributed by atoms with van der Waals surface area (Å²) in [5, 5.41) is 9.43. The van der Waals surface area contributed by atoms with Gasteiger partial charge in [-0.15, -0.1) is 0 Å². The third kappa shape index (κ3) is 2.61. The van der Waals surface area contributed by atoms with Crippen molar-refractivity contribution in [2.45, 2.75) is 38.5 Å². The molecule has 0 unspecified atom stereocenters. The van der Waals surface area contributed by atoms with Crippen LogP contribution in [0.1, 0.15) is 36.0 Å². The minimum absolute atomic E-state index is 0.114. The Balaban J connectivity index is 2.44. The standard InChI is InChI=1S/C14H17ClO3/c1-18-14-11(6-7-13(16)17)10-5-3-2-4-9(10)8-12(14)15/h8H,2-7H2,1H3,(H,16,17). The maximum atomic E-state index is 10.8. The average Bonchev–Trinajstić information content (AvgIpc) is 2.35. The van der Waals surface area contributed by atoms with Gasteiger partial charge in [0, 0.05) is 6.42 Å². The minimum atomic E-state index is -0.790. The summed E-state index contributed by atoms with van der Waals surface area (Å²) in [4.78, 5) is 10.8. The van der Waals surface area contributed by atoms with Crippen LogP contribution in [-0.4, -0.2) is 18.2 Å². The Bertz CT molecular complexity index is 469. The lowest BCUT2D eigenvalue weighted by molar-refractivity contribution is -0.136. The minimum Gasteiger partial charge on any atom is -0.495 e. The van der Waals surface area contributed by atoms with Crippen LogP contribution in [0.2, 0.25) is 5.02 Å². The van der Waals surface area contributed by atoms with Crippen LogP contribution in [0.25, 0.3) is 0 Å². The summed E-state index contributed by atoms with van der Waals surface area (Å²) < 4.78 is 5.35. The first-order chi connectivity index (χ1) is 8.63. The van der Waals surface area contributed by atoms with Crippen LogP contribution in [0, 0.1) is 0 Å². The van der Waals surface area contributed by atoms with Gasteiger partial charge in [0.1, 0.15) is 5.75 Å². The first kappa shape index (κ1) is 13.2. The molecule has 0 bridgehead atoms. The summed E-state index contributed by atoms with van der Waals surface area (Å²) in [7, 11) is 1.58. The zero-order valence-corrected chi connectivity index (χ0v) is 11.2. The summed E-state index contributed by atoms with van der Waals surface area (Å²) in [6.45, 7) is 0. The number of aliphatic carboxylic acids is 1. The molecule has 1 aromatic rings. The van der Waals surface area contributed by atoms with Crippen molar-refractivity contribution >= 4 is 17.6 Å². The molecule has 1 N–H and O–H groups in total. The number of carbonyl (C=O) groups is 1. The van der Waals surface area contributed by atoms with Gasteiger partial charge in [0.05, 0.1) is 12.1 Å². The molecule has 0 aliphatic heterocycles. The highest BCUT2D eigenvalue weighted by molar-refractivity contribution is 6.32. The molecule has 1 aromatic carbocycles. The molecule has 1 aliphatic carbocycles. The Kier molecular flexibility index (Phi) is 4.12. The van der Waals surface area contributed by atoms with Crippen molar-refractivity contribution in [3.63, 3.8) is 0 Å². The van der Waals surface area contributed by atoms with E-state index in [9.17, 15) is 4.79 Å². The van der Waals surface area contributed by atoms with Crippen LogP contribution in [-0.2, 0) is 24.1 Å². The lowest BCUT2D eigenvalue weighted by Crippen LogP contribution is -2.10. The van der Waals surface area contributed by atoms with E-state index >= 15 is 0 Å². The van der Waals surface area contributed by atoms with Crippen LogP contribution in [0.3, 0.4) is 0 Å². The summed E-state index contributed by atoms with van der Waals surface area (Å²) in [6.07, 6.45) is 4.95. The topological polar surface area (TPSA) is 46.5 Å². The van der Waals surface area contributed by atoms with E-state index in [2.05, 4.69) is 0 Å². The zero-order valence-electron chi connectivity index (χ0n) is 10.5. The van der Waals surface area contributed by atoms with Gasteiger partial charge in [-0.3, -0.25) is 4.79 Å². The number of hydrogen-bond acceptors (Lipinski definition) is 2. The first-order valence-electron chi connectivity index (χ1n) is 6.22. The number of benzene rings is 1. The Morgan fingerprint density at radius 2 is 2.17 bits per heavy atom. The smallest absolute Gasteiger partial charge is 0.303 e. The highest BCUT2D eigenvalue weighted by Gasteiger charge is 2.20. The van der Waals surface area contributed by atoms with Gasteiger partial charge >= 0.3 is 5.97 Å². The van der Waals surface area contributed by atoms with Crippen molar-refractivity contribution < 1.29 is 14.6 Å². The number of ether oxygens (including phenoxy) is 1. The zero-order chi connectivity index (χ0) is 13.1. The predicted molar refractivity (Wildman–Crippen MR) is 70.6 cm³/mol. The molecule has 3 nitrogen and oxygen atoms in total. The van der Waals surface area contributed by atoms with Crippen LogP contribution in [0.5, 0.6) is 5.75 Å². The molecule has 0 atom stereocenters. The van der Waals surface area contributed by atoms with Gasteiger partial charge in [-0.05, 0) is 54.9 Å². The summed E-state index contributed by atoms with van der Waals surface area (Å²) in [5.41, 5.74) is 3.50. The second-order valence-corrected chi connectivity index (χ2v) is 5.02. The number of fused-ring (bicyclic) bond motifs is 1. The van der Waals surface area contributed by atoms with Gasteiger partial charge in [0.25, 0.3) is 0 Å². The van der Waals surface area contributed by atoms with E-state index in [-0.39, 0.29) is 6.42 Å². The fourth-order valence-electron chi connectivity index (χ4n) is 2.65. The van der Waals surface area contributed by atoms with Crippen molar-refractivity contribution in [3.8, 4) is 5.75 Å². The molecule has 0 saturated carbocycles. The van der Waals surface area contributed by atoms with Gasteiger partial charge in [0.15, 0.2) is 0 Å². The Morgan fingerprint density at radius 1 is 1.44 bits per heavy atom.